The molecule has 0 atom stereocenters. The minimum absolute atomic E-state index is 0.0212. The number of aromatic nitrogens is 2. The molecule has 0 saturated carbocycles. The molecule has 1 aromatic heterocycles. The number of rotatable bonds is 3. The van der Waals surface area contributed by atoms with Crippen molar-refractivity contribution in [3.05, 3.63) is 36.3 Å². The fraction of sp³-hybridized carbons (Fsp3) is 0.286. The standard InChI is InChI=1S/C14H17N3O/c1-9(2)14(18)17-12-6-4-5-11(7-12)13-8-15-10(3)16-13/h4-9H,1-3H3,(H,15,16)(H,17,18). The third-order valence-electron chi connectivity index (χ3n) is 2.67. The van der Waals surface area contributed by atoms with Gasteiger partial charge in [0.05, 0.1) is 11.9 Å². The summed E-state index contributed by atoms with van der Waals surface area (Å²) in [4.78, 5) is 19.0. The predicted molar refractivity (Wildman–Crippen MR) is 72.2 cm³/mol. The Morgan fingerprint density at radius 3 is 2.78 bits per heavy atom. The number of hydrogen-bond acceptors (Lipinski definition) is 2. The molecular weight excluding hydrogens is 226 g/mol. The summed E-state index contributed by atoms with van der Waals surface area (Å²) in [6, 6.07) is 7.72. The average Bonchev–Trinajstić information content (AvgIpc) is 2.76. The molecule has 0 saturated heterocycles. The molecule has 1 aromatic carbocycles. The molecule has 4 heteroatoms. The van der Waals surface area contributed by atoms with Crippen LogP contribution in [0.3, 0.4) is 0 Å². The van der Waals surface area contributed by atoms with Gasteiger partial charge in [0, 0.05) is 17.2 Å². The van der Waals surface area contributed by atoms with E-state index in [1.807, 2.05) is 45.0 Å². The Hall–Kier alpha value is -2.10. The van der Waals surface area contributed by atoms with E-state index in [1.165, 1.54) is 0 Å². The molecular formula is C14H17N3O. The Morgan fingerprint density at radius 1 is 1.39 bits per heavy atom. The average molecular weight is 243 g/mol. The van der Waals surface area contributed by atoms with Crippen LogP contribution in [0.1, 0.15) is 19.7 Å². The Kier molecular flexibility index (Phi) is 3.46. The number of carbonyl (C=O) groups is 1. The third-order valence-corrected chi connectivity index (χ3v) is 2.67. The van der Waals surface area contributed by atoms with Gasteiger partial charge in [-0.15, -0.1) is 0 Å². The molecule has 0 spiro atoms. The highest BCUT2D eigenvalue weighted by Crippen LogP contribution is 2.21. The Labute approximate surface area is 106 Å². The first-order chi connectivity index (χ1) is 8.56. The van der Waals surface area contributed by atoms with E-state index >= 15 is 0 Å². The van der Waals surface area contributed by atoms with E-state index in [9.17, 15) is 4.79 Å². The van der Waals surface area contributed by atoms with Crippen LogP contribution in [-0.4, -0.2) is 15.9 Å². The monoisotopic (exact) mass is 243 g/mol. The van der Waals surface area contributed by atoms with E-state index in [4.69, 9.17) is 0 Å². The van der Waals surface area contributed by atoms with Gasteiger partial charge >= 0.3 is 0 Å². The first kappa shape index (κ1) is 12.4. The van der Waals surface area contributed by atoms with Crippen LogP contribution in [0.2, 0.25) is 0 Å². The second kappa shape index (κ2) is 5.04. The topological polar surface area (TPSA) is 57.8 Å². The largest absolute Gasteiger partial charge is 0.342 e. The van der Waals surface area contributed by atoms with Crippen molar-refractivity contribution in [1.29, 1.82) is 0 Å². The number of hydrogen-bond donors (Lipinski definition) is 2. The van der Waals surface area contributed by atoms with Crippen LogP contribution < -0.4 is 5.32 Å². The zero-order chi connectivity index (χ0) is 13.1. The molecule has 0 aliphatic heterocycles. The first-order valence-corrected chi connectivity index (χ1v) is 5.99. The molecule has 0 fully saturated rings. The fourth-order valence-corrected chi connectivity index (χ4v) is 1.62. The van der Waals surface area contributed by atoms with Crippen molar-refractivity contribution < 1.29 is 4.79 Å². The molecule has 2 N–H and O–H groups in total. The van der Waals surface area contributed by atoms with Crippen molar-refractivity contribution in [3.8, 4) is 11.3 Å². The van der Waals surface area contributed by atoms with E-state index in [-0.39, 0.29) is 11.8 Å². The molecule has 2 rings (SSSR count). The number of aryl methyl sites for hydroxylation is 1. The molecule has 1 heterocycles. The van der Waals surface area contributed by atoms with Gasteiger partial charge in [-0.05, 0) is 19.1 Å². The molecule has 0 aliphatic rings. The quantitative estimate of drug-likeness (QED) is 0.870. The SMILES string of the molecule is Cc1ncc(-c2cccc(NC(=O)C(C)C)c2)[nH]1. The molecule has 4 nitrogen and oxygen atoms in total. The lowest BCUT2D eigenvalue weighted by Crippen LogP contribution is -2.17. The number of nitrogens with one attached hydrogen (secondary N) is 2. The Morgan fingerprint density at radius 2 is 2.17 bits per heavy atom. The van der Waals surface area contributed by atoms with Crippen molar-refractivity contribution in [2.24, 2.45) is 5.92 Å². The summed E-state index contributed by atoms with van der Waals surface area (Å²) in [6.07, 6.45) is 1.79. The summed E-state index contributed by atoms with van der Waals surface area (Å²) >= 11 is 0. The Bertz CT molecular complexity index is 558. The molecule has 18 heavy (non-hydrogen) atoms. The predicted octanol–water partition coefficient (Wildman–Crippen LogP) is 2.98. The van der Waals surface area contributed by atoms with Crippen LogP contribution >= 0.6 is 0 Å². The van der Waals surface area contributed by atoms with Crippen LogP contribution in [0.15, 0.2) is 30.5 Å². The molecule has 0 unspecified atom stereocenters. The molecule has 0 aliphatic carbocycles. The van der Waals surface area contributed by atoms with Gasteiger partial charge in [0.15, 0.2) is 0 Å². The van der Waals surface area contributed by atoms with Crippen LogP contribution in [-0.2, 0) is 4.79 Å². The number of anilines is 1. The maximum atomic E-state index is 11.6. The number of amides is 1. The van der Waals surface area contributed by atoms with E-state index in [1.54, 1.807) is 6.20 Å². The second-order valence-electron chi connectivity index (χ2n) is 4.61. The van der Waals surface area contributed by atoms with E-state index < -0.39 is 0 Å². The van der Waals surface area contributed by atoms with E-state index in [2.05, 4.69) is 15.3 Å². The van der Waals surface area contributed by atoms with Gasteiger partial charge in [-0.25, -0.2) is 4.98 Å². The number of carbonyl (C=O) groups excluding carboxylic acids is 1. The molecule has 2 aromatic rings. The minimum atomic E-state index is -0.0249. The van der Waals surface area contributed by atoms with Crippen LogP contribution in [0.25, 0.3) is 11.3 Å². The summed E-state index contributed by atoms with van der Waals surface area (Å²) in [7, 11) is 0. The summed E-state index contributed by atoms with van der Waals surface area (Å²) in [5.41, 5.74) is 2.77. The third kappa shape index (κ3) is 2.77. The number of H-pyrrole nitrogens is 1. The molecule has 0 radical (unpaired) electrons. The zero-order valence-corrected chi connectivity index (χ0v) is 10.8. The lowest BCUT2D eigenvalue weighted by Gasteiger charge is -2.08. The Balaban J connectivity index is 2.23. The lowest BCUT2D eigenvalue weighted by atomic mass is 10.1. The summed E-state index contributed by atoms with van der Waals surface area (Å²) in [6.45, 7) is 5.66. The number of aromatic amines is 1. The summed E-state index contributed by atoms with van der Waals surface area (Å²) < 4.78 is 0. The highest BCUT2D eigenvalue weighted by molar-refractivity contribution is 5.92. The molecule has 0 bridgehead atoms. The highest BCUT2D eigenvalue weighted by Gasteiger charge is 2.08. The van der Waals surface area contributed by atoms with Gasteiger partial charge in [-0.1, -0.05) is 26.0 Å². The van der Waals surface area contributed by atoms with Gasteiger partial charge in [0.1, 0.15) is 5.82 Å². The summed E-state index contributed by atoms with van der Waals surface area (Å²) in [5.74, 6) is 0.873. The fourth-order valence-electron chi connectivity index (χ4n) is 1.62. The van der Waals surface area contributed by atoms with Gasteiger partial charge in [-0.2, -0.15) is 0 Å². The number of benzene rings is 1. The first-order valence-electron chi connectivity index (χ1n) is 5.99. The van der Waals surface area contributed by atoms with Gasteiger partial charge in [-0.3, -0.25) is 4.79 Å². The lowest BCUT2D eigenvalue weighted by molar-refractivity contribution is -0.118. The van der Waals surface area contributed by atoms with Crippen molar-refractivity contribution in [1.82, 2.24) is 9.97 Å². The van der Waals surface area contributed by atoms with Crippen LogP contribution in [0, 0.1) is 12.8 Å². The van der Waals surface area contributed by atoms with Crippen molar-refractivity contribution in [2.75, 3.05) is 5.32 Å². The van der Waals surface area contributed by atoms with E-state index in [0.717, 1.165) is 22.8 Å². The smallest absolute Gasteiger partial charge is 0.226 e. The highest BCUT2D eigenvalue weighted by atomic mass is 16.1. The second-order valence-corrected chi connectivity index (χ2v) is 4.61. The van der Waals surface area contributed by atoms with Crippen LogP contribution in [0.5, 0.6) is 0 Å². The van der Waals surface area contributed by atoms with Crippen LogP contribution in [0.4, 0.5) is 5.69 Å². The van der Waals surface area contributed by atoms with Gasteiger partial charge in [0.25, 0.3) is 0 Å². The maximum Gasteiger partial charge on any atom is 0.226 e. The normalized spacial score (nSPS) is 10.7. The molecule has 94 valence electrons. The number of imidazole rings is 1. The minimum Gasteiger partial charge on any atom is -0.342 e. The maximum absolute atomic E-state index is 11.6. The van der Waals surface area contributed by atoms with Crippen molar-refractivity contribution in [2.45, 2.75) is 20.8 Å². The zero-order valence-electron chi connectivity index (χ0n) is 10.8. The van der Waals surface area contributed by atoms with Gasteiger partial charge < -0.3 is 10.3 Å². The van der Waals surface area contributed by atoms with E-state index in [0.29, 0.717) is 0 Å². The van der Waals surface area contributed by atoms with Crippen molar-refractivity contribution >= 4 is 11.6 Å². The van der Waals surface area contributed by atoms with Gasteiger partial charge in [0.2, 0.25) is 5.91 Å². The van der Waals surface area contributed by atoms with Crippen molar-refractivity contribution in [3.63, 3.8) is 0 Å². The molecule has 1 amide bonds. The summed E-state index contributed by atoms with van der Waals surface area (Å²) in [5, 5.41) is 2.89. The number of nitrogens with zero attached hydrogens (tertiary/aromatic N) is 1.